The van der Waals surface area contributed by atoms with Crippen LogP contribution in [0, 0.1) is 5.92 Å². The lowest BCUT2D eigenvalue weighted by atomic mass is 10.1. The SMILES string of the molecule is CC(C)CN1CCN(C(=O)C(C)Br)c2ccccc21. The monoisotopic (exact) mass is 324 g/mol. The maximum Gasteiger partial charge on any atom is 0.240 e. The Morgan fingerprint density at radius 3 is 2.42 bits per heavy atom. The van der Waals surface area contributed by atoms with Gasteiger partial charge in [-0.25, -0.2) is 0 Å². The predicted molar refractivity (Wildman–Crippen MR) is 84.2 cm³/mol. The minimum atomic E-state index is -0.141. The maximum absolute atomic E-state index is 12.3. The Kier molecular flexibility index (Phi) is 4.50. The van der Waals surface area contributed by atoms with Gasteiger partial charge >= 0.3 is 0 Å². The van der Waals surface area contributed by atoms with Gasteiger partial charge in [-0.15, -0.1) is 0 Å². The van der Waals surface area contributed by atoms with Crippen LogP contribution in [0.15, 0.2) is 24.3 Å². The van der Waals surface area contributed by atoms with Crippen LogP contribution in [-0.4, -0.2) is 30.4 Å². The van der Waals surface area contributed by atoms with Crippen molar-refractivity contribution in [1.29, 1.82) is 0 Å². The lowest BCUT2D eigenvalue weighted by Crippen LogP contribution is -2.47. The van der Waals surface area contributed by atoms with Crippen LogP contribution in [0.4, 0.5) is 11.4 Å². The molecule has 0 aromatic heterocycles. The molecule has 0 saturated heterocycles. The minimum absolute atomic E-state index is 0.136. The second-order valence-corrected chi connectivity index (χ2v) is 6.81. The van der Waals surface area contributed by atoms with Crippen LogP contribution in [-0.2, 0) is 4.79 Å². The third kappa shape index (κ3) is 3.11. The van der Waals surface area contributed by atoms with Gasteiger partial charge in [-0.05, 0) is 25.0 Å². The Labute approximate surface area is 123 Å². The van der Waals surface area contributed by atoms with Crippen LogP contribution in [0.3, 0.4) is 0 Å². The Hall–Kier alpha value is -1.03. The molecule has 0 N–H and O–H groups in total. The number of benzene rings is 1. The second kappa shape index (κ2) is 5.95. The zero-order valence-corrected chi connectivity index (χ0v) is 13.4. The molecule has 0 fully saturated rings. The Morgan fingerprint density at radius 2 is 1.84 bits per heavy atom. The second-order valence-electron chi connectivity index (χ2n) is 5.43. The number of halogens is 1. The summed E-state index contributed by atoms with van der Waals surface area (Å²) in [6.45, 7) is 9.02. The third-order valence-electron chi connectivity index (χ3n) is 3.30. The van der Waals surface area contributed by atoms with E-state index in [9.17, 15) is 4.79 Å². The summed E-state index contributed by atoms with van der Waals surface area (Å²) in [5, 5.41) is 0. The molecular formula is C15H21BrN2O. The van der Waals surface area contributed by atoms with Gasteiger partial charge in [0.15, 0.2) is 0 Å². The number of carbonyl (C=O) groups excluding carboxylic acids is 1. The smallest absolute Gasteiger partial charge is 0.240 e. The summed E-state index contributed by atoms with van der Waals surface area (Å²) in [5.74, 6) is 0.752. The van der Waals surface area contributed by atoms with Crippen LogP contribution < -0.4 is 9.80 Å². The van der Waals surface area contributed by atoms with Crippen molar-refractivity contribution in [2.75, 3.05) is 29.4 Å². The third-order valence-corrected chi connectivity index (χ3v) is 3.69. The number of hydrogen-bond donors (Lipinski definition) is 0. The first-order valence-corrected chi connectivity index (χ1v) is 7.71. The molecule has 1 aliphatic rings. The number of amides is 1. The number of alkyl halides is 1. The number of para-hydroxylation sites is 2. The van der Waals surface area contributed by atoms with Crippen molar-refractivity contribution in [3.8, 4) is 0 Å². The van der Waals surface area contributed by atoms with E-state index in [1.165, 1.54) is 5.69 Å². The van der Waals surface area contributed by atoms with E-state index in [1.54, 1.807) is 0 Å². The summed E-state index contributed by atoms with van der Waals surface area (Å²) in [7, 11) is 0. The molecule has 1 atom stereocenters. The Morgan fingerprint density at radius 1 is 1.21 bits per heavy atom. The average Bonchev–Trinajstić information content (AvgIpc) is 2.37. The highest BCUT2D eigenvalue weighted by molar-refractivity contribution is 9.10. The first-order valence-electron chi connectivity index (χ1n) is 6.80. The van der Waals surface area contributed by atoms with Crippen molar-refractivity contribution in [3.05, 3.63) is 24.3 Å². The summed E-state index contributed by atoms with van der Waals surface area (Å²) >= 11 is 3.38. The van der Waals surface area contributed by atoms with E-state index in [2.05, 4.69) is 40.7 Å². The van der Waals surface area contributed by atoms with Gasteiger partial charge in [-0.3, -0.25) is 4.79 Å². The fourth-order valence-corrected chi connectivity index (χ4v) is 2.74. The first kappa shape index (κ1) is 14.4. The van der Waals surface area contributed by atoms with Gasteiger partial charge < -0.3 is 9.80 Å². The molecule has 1 unspecified atom stereocenters. The summed E-state index contributed by atoms with van der Waals surface area (Å²) in [4.78, 5) is 16.4. The van der Waals surface area contributed by atoms with E-state index in [0.717, 1.165) is 25.3 Å². The van der Waals surface area contributed by atoms with E-state index in [4.69, 9.17) is 0 Å². The van der Waals surface area contributed by atoms with E-state index >= 15 is 0 Å². The summed E-state index contributed by atoms with van der Waals surface area (Å²) in [6.07, 6.45) is 0. The standard InChI is InChI=1S/C15H21BrN2O/c1-11(2)10-17-8-9-18(15(19)12(3)16)14-7-5-4-6-13(14)17/h4-7,11-12H,8-10H2,1-3H3. The fraction of sp³-hybridized carbons (Fsp3) is 0.533. The van der Waals surface area contributed by atoms with Crippen molar-refractivity contribution in [2.45, 2.75) is 25.6 Å². The van der Waals surface area contributed by atoms with Crippen LogP contribution in [0.25, 0.3) is 0 Å². The topological polar surface area (TPSA) is 23.6 Å². The van der Waals surface area contributed by atoms with Gasteiger partial charge in [0.2, 0.25) is 5.91 Å². The van der Waals surface area contributed by atoms with E-state index < -0.39 is 0 Å². The molecule has 3 nitrogen and oxygen atoms in total. The molecule has 4 heteroatoms. The van der Waals surface area contributed by atoms with Crippen LogP contribution in [0.5, 0.6) is 0 Å². The Bertz CT molecular complexity index is 459. The molecule has 0 spiro atoms. The van der Waals surface area contributed by atoms with Crippen molar-refractivity contribution in [3.63, 3.8) is 0 Å². The highest BCUT2D eigenvalue weighted by atomic mass is 79.9. The molecule has 1 aromatic carbocycles. The molecule has 2 rings (SSSR count). The van der Waals surface area contributed by atoms with Crippen molar-refractivity contribution >= 4 is 33.2 Å². The number of nitrogens with zero attached hydrogens (tertiary/aromatic N) is 2. The van der Waals surface area contributed by atoms with Gasteiger partial charge in [0, 0.05) is 19.6 Å². The average molecular weight is 325 g/mol. The molecule has 0 saturated carbocycles. The van der Waals surface area contributed by atoms with Gasteiger partial charge in [-0.1, -0.05) is 41.9 Å². The predicted octanol–water partition coefficient (Wildman–Crippen LogP) is 3.28. The molecular weight excluding hydrogens is 304 g/mol. The van der Waals surface area contributed by atoms with Gasteiger partial charge in [0.05, 0.1) is 16.2 Å². The zero-order valence-electron chi connectivity index (χ0n) is 11.8. The zero-order chi connectivity index (χ0) is 14.0. The molecule has 0 radical (unpaired) electrons. The van der Waals surface area contributed by atoms with Gasteiger partial charge in [-0.2, -0.15) is 0 Å². The summed E-state index contributed by atoms with van der Waals surface area (Å²) < 4.78 is 0. The molecule has 0 aliphatic carbocycles. The number of rotatable bonds is 3. The van der Waals surface area contributed by atoms with Crippen LogP contribution >= 0.6 is 15.9 Å². The van der Waals surface area contributed by atoms with E-state index in [1.807, 2.05) is 30.0 Å². The van der Waals surface area contributed by atoms with Gasteiger partial charge in [0.1, 0.15) is 0 Å². The number of hydrogen-bond acceptors (Lipinski definition) is 2. The molecule has 0 bridgehead atoms. The quantitative estimate of drug-likeness (QED) is 0.796. The minimum Gasteiger partial charge on any atom is -0.368 e. The van der Waals surface area contributed by atoms with Crippen LogP contribution in [0.2, 0.25) is 0 Å². The van der Waals surface area contributed by atoms with Crippen molar-refractivity contribution < 1.29 is 4.79 Å². The number of carbonyl (C=O) groups is 1. The molecule has 1 aliphatic heterocycles. The van der Waals surface area contributed by atoms with Gasteiger partial charge in [0.25, 0.3) is 0 Å². The molecule has 19 heavy (non-hydrogen) atoms. The first-order chi connectivity index (χ1) is 9.00. The lowest BCUT2D eigenvalue weighted by Gasteiger charge is -2.39. The van der Waals surface area contributed by atoms with E-state index in [0.29, 0.717) is 5.92 Å². The largest absolute Gasteiger partial charge is 0.368 e. The maximum atomic E-state index is 12.3. The normalized spacial score (nSPS) is 16.5. The molecule has 104 valence electrons. The summed E-state index contributed by atoms with van der Waals surface area (Å²) in [5.41, 5.74) is 2.20. The van der Waals surface area contributed by atoms with Crippen LogP contribution in [0.1, 0.15) is 20.8 Å². The Balaban J connectivity index is 2.32. The van der Waals surface area contributed by atoms with Crippen molar-refractivity contribution in [1.82, 2.24) is 0 Å². The highest BCUT2D eigenvalue weighted by Crippen LogP contribution is 2.33. The molecule has 1 heterocycles. The summed E-state index contributed by atoms with van der Waals surface area (Å²) in [6, 6.07) is 8.18. The number of anilines is 2. The molecule has 1 aromatic rings. The fourth-order valence-electron chi connectivity index (χ4n) is 2.50. The van der Waals surface area contributed by atoms with E-state index in [-0.39, 0.29) is 10.7 Å². The lowest BCUT2D eigenvalue weighted by molar-refractivity contribution is -0.117. The highest BCUT2D eigenvalue weighted by Gasteiger charge is 2.28. The molecule has 1 amide bonds. The number of fused-ring (bicyclic) bond motifs is 1. The van der Waals surface area contributed by atoms with Crippen molar-refractivity contribution in [2.24, 2.45) is 5.92 Å².